The number of anilines is 1. The van der Waals surface area contributed by atoms with Gasteiger partial charge in [-0.25, -0.2) is 9.97 Å². The fourth-order valence-corrected chi connectivity index (χ4v) is 5.69. The highest BCUT2D eigenvalue weighted by molar-refractivity contribution is 5.82. The minimum Gasteiger partial charge on any atom is -0.354 e. The van der Waals surface area contributed by atoms with Crippen molar-refractivity contribution in [3.63, 3.8) is 0 Å². The molecule has 1 unspecified atom stereocenters. The molecule has 2 aromatic heterocycles. The van der Waals surface area contributed by atoms with E-state index in [-0.39, 0.29) is 0 Å². The van der Waals surface area contributed by atoms with Crippen molar-refractivity contribution < 1.29 is 0 Å². The van der Waals surface area contributed by atoms with Crippen molar-refractivity contribution in [1.82, 2.24) is 24.8 Å². The van der Waals surface area contributed by atoms with Gasteiger partial charge in [-0.2, -0.15) is 0 Å². The van der Waals surface area contributed by atoms with Gasteiger partial charge in [-0.1, -0.05) is 24.6 Å². The standard InChI is InChI=1S/C26H32N6/c1-19(21-9-11-27-24-8-3-2-7-22(21)24)32-12-10-23-25(17-32)28-18-29-26(23)31-15-13-30(14-16-31)20-5-4-6-20/h2-3,7-9,11,18-20H,4-6,10,12-17H2,1H3. The van der Waals surface area contributed by atoms with Gasteiger partial charge in [0.1, 0.15) is 12.1 Å². The van der Waals surface area contributed by atoms with Gasteiger partial charge in [0.15, 0.2) is 0 Å². The molecular weight excluding hydrogens is 396 g/mol. The van der Waals surface area contributed by atoms with Gasteiger partial charge >= 0.3 is 0 Å². The molecule has 0 N–H and O–H groups in total. The van der Waals surface area contributed by atoms with Crippen LogP contribution in [0, 0.1) is 0 Å². The molecule has 3 aromatic rings. The molecular formula is C26H32N6. The highest BCUT2D eigenvalue weighted by Crippen LogP contribution is 2.33. The molecule has 32 heavy (non-hydrogen) atoms. The lowest BCUT2D eigenvalue weighted by Crippen LogP contribution is -2.52. The first-order valence-corrected chi connectivity index (χ1v) is 12.2. The van der Waals surface area contributed by atoms with Crippen molar-refractivity contribution in [2.75, 3.05) is 37.6 Å². The lowest BCUT2D eigenvalue weighted by atomic mass is 9.91. The summed E-state index contributed by atoms with van der Waals surface area (Å²) in [5.41, 5.74) is 4.99. The van der Waals surface area contributed by atoms with Crippen LogP contribution in [0.15, 0.2) is 42.9 Å². The Bertz CT molecular complexity index is 1100. The number of benzene rings is 1. The molecule has 0 spiro atoms. The third kappa shape index (κ3) is 3.55. The summed E-state index contributed by atoms with van der Waals surface area (Å²) in [6.07, 6.45) is 8.93. The normalized spacial score (nSPS) is 21.3. The van der Waals surface area contributed by atoms with Crippen LogP contribution in [0.5, 0.6) is 0 Å². The van der Waals surface area contributed by atoms with Crippen LogP contribution in [-0.2, 0) is 13.0 Å². The second kappa shape index (κ2) is 8.41. The third-order valence-corrected chi connectivity index (χ3v) is 7.90. The van der Waals surface area contributed by atoms with Gasteiger partial charge < -0.3 is 4.90 Å². The highest BCUT2D eigenvalue weighted by atomic mass is 15.3. The van der Waals surface area contributed by atoms with Gasteiger partial charge in [-0.15, -0.1) is 0 Å². The van der Waals surface area contributed by atoms with Crippen LogP contribution in [-0.4, -0.2) is 63.5 Å². The van der Waals surface area contributed by atoms with E-state index in [9.17, 15) is 0 Å². The van der Waals surface area contributed by atoms with Crippen molar-refractivity contribution in [1.29, 1.82) is 0 Å². The zero-order chi connectivity index (χ0) is 21.5. The molecule has 1 atom stereocenters. The summed E-state index contributed by atoms with van der Waals surface area (Å²) in [4.78, 5) is 21.8. The summed E-state index contributed by atoms with van der Waals surface area (Å²) in [5, 5.41) is 1.25. The number of nitrogens with zero attached hydrogens (tertiary/aromatic N) is 6. The van der Waals surface area contributed by atoms with Gasteiger partial charge in [0.05, 0.1) is 11.2 Å². The first-order valence-electron chi connectivity index (χ1n) is 12.2. The predicted molar refractivity (Wildman–Crippen MR) is 128 cm³/mol. The molecule has 1 saturated heterocycles. The Morgan fingerprint density at radius 3 is 2.59 bits per heavy atom. The molecule has 166 valence electrons. The van der Waals surface area contributed by atoms with E-state index in [4.69, 9.17) is 9.97 Å². The molecule has 2 fully saturated rings. The van der Waals surface area contributed by atoms with Gasteiger partial charge in [-0.3, -0.25) is 14.8 Å². The molecule has 0 amide bonds. The van der Waals surface area contributed by atoms with Crippen LogP contribution < -0.4 is 4.90 Å². The monoisotopic (exact) mass is 428 g/mol. The number of pyridine rings is 1. The van der Waals surface area contributed by atoms with Crippen molar-refractivity contribution in [2.24, 2.45) is 0 Å². The number of hydrogen-bond donors (Lipinski definition) is 0. The smallest absolute Gasteiger partial charge is 0.135 e. The maximum atomic E-state index is 4.76. The zero-order valence-corrected chi connectivity index (χ0v) is 19.0. The summed E-state index contributed by atoms with van der Waals surface area (Å²) in [6, 6.07) is 11.8. The number of rotatable bonds is 4. The topological polar surface area (TPSA) is 48.4 Å². The summed E-state index contributed by atoms with van der Waals surface area (Å²) < 4.78 is 0. The summed E-state index contributed by atoms with van der Waals surface area (Å²) >= 11 is 0. The molecule has 0 radical (unpaired) electrons. The van der Waals surface area contributed by atoms with E-state index in [1.54, 1.807) is 6.33 Å². The Labute approximate surface area is 190 Å². The summed E-state index contributed by atoms with van der Waals surface area (Å²) in [6.45, 7) is 8.74. The Balaban J connectivity index is 1.20. The minimum atomic E-state index is 0.320. The second-order valence-electron chi connectivity index (χ2n) is 9.54. The van der Waals surface area contributed by atoms with Crippen molar-refractivity contribution >= 4 is 16.7 Å². The molecule has 6 rings (SSSR count). The largest absolute Gasteiger partial charge is 0.354 e. The van der Waals surface area contributed by atoms with Crippen LogP contribution in [0.25, 0.3) is 10.9 Å². The van der Waals surface area contributed by atoms with Gasteiger partial charge in [0.25, 0.3) is 0 Å². The van der Waals surface area contributed by atoms with E-state index in [0.29, 0.717) is 6.04 Å². The fourth-order valence-electron chi connectivity index (χ4n) is 5.69. The molecule has 1 aliphatic carbocycles. The van der Waals surface area contributed by atoms with Crippen molar-refractivity contribution in [3.8, 4) is 0 Å². The highest BCUT2D eigenvalue weighted by Gasteiger charge is 2.31. The molecule has 6 nitrogen and oxygen atoms in total. The maximum absolute atomic E-state index is 4.76. The first kappa shape index (κ1) is 20.1. The zero-order valence-electron chi connectivity index (χ0n) is 19.0. The molecule has 2 aliphatic heterocycles. The summed E-state index contributed by atoms with van der Waals surface area (Å²) in [7, 11) is 0. The van der Waals surface area contributed by atoms with E-state index >= 15 is 0 Å². The van der Waals surface area contributed by atoms with Gasteiger partial charge in [-0.05, 0) is 43.9 Å². The van der Waals surface area contributed by atoms with E-state index in [0.717, 1.165) is 44.2 Å². The third-order valence-electron chi connectivity index (χ3n) is 7.90. The molecule has 6 heteroatoms. The average molecular weight is 429 g/mol. The van der Waals surface area contributed by atoms with Gasteiger partial charge in [0, 0.05) is 68.5 Å². The number of hydrogen-bond acceptors (Lipinski definition) is 6. The first-order chi connectivity index (χ1) is 15.8. The van der Waals surface area contributed by atoms with Crippen LogP contribution in [0.1, 0.15) is 49.0 Å². The lowest BCUT2D eigenvalue weighted by Gasteiger charge is -2.44. The number of para-hydroxylation sites is 1. The Hall–Kier alpha value is -2.57. The van der Waals surface area contributed by atoms with Crippen molar-refractivity contribution in [2.45, 2.75) is 51.2 Å². The predicted octanol–water partition coefficient (Wildman–Crippen LogP) is 3.82. The van der Waals surface area contributed by atoms with Crippen LogP contribution >= 0.6 is 0 Å². The minimum absolute atomic E-state index is 0.320. The van der Waals surface area contributed by atoms with Crippen LogP contribution in [0.2, 0.25) is 0 Å². The van der Waals surface area contributed by atoms with Crippen molar-refractivity contribution in [3.05, 3.63) is 59.7 Å². The Morgan fingerprint density at radius 2 is 1.78 bits per heavy atom. The quantitative estimate of drug-likeness (QED) is 0.630. The van der Waals surface area contributed by atoms with Crippen LogP contribution in [0.4, 0.5) is 5.82 Å². The maximum Gasteiger partial charge on any atom is 0.135 e. The second-order valence-corrected chi connectivity index (χ2v) is 9.54. The lowest BCUT2D eigenvalue weighted by molar-refractivity contribution is 0.120. The van der Waals surface area contributed by atoms with E-state index in [1.165, 1.54) is 60.4 Å². The molecule has 4 heterocycles. The Morgan fingerprint density at radius 1 is 0.938 bits per heavy atom. The van der Waals surface area contributed by atoms with E-state index < -0.39 is 0 Å². The fraction of sp³-hybridized carbons (Fsp3) is 0.500. The van der Waals surface area contributed by atoms with E-state index in [1.807, 2.05) is 6.20 Å². The average Bonchev–Trinajstić information content (AvgIpc) is 2.82. The van der Waals surface area contributed by atoms with Gasteiger partial charge in [0.2, 0.25) is 0 Å². The number of aromatic nitrogens is 3. The molecule has 3 aliphatic rings. The molecule has 1 saturated carbocycles. The van der Waals surface area contributed by atoms with E-state index in [2.05, 4.69) is 56.9 Å². The van der Waals surface area contributed by atoms with Crippen LogP contribution in [0.3, 0.4) is 0 Å². The molecule has 0 bridgehead atoms. The number of piperazine rings is 1. The SMILES string of the molecule is CC(c1ccnc2ccccc12)N1CCc2c(ncnc2N2CCN(C3CCC3)CC2)C1. The Kier molecular flexibility index (Phi) is 5.27. The summed E-state index contributed by atoms with van der Waals surface area (Å²) in [5.74, 6) is 1.19. The number of fused-ring (bicyclic) bond motifs is 2. The molecule has 1 aromatic carbocycles.